The highest BCUT2D eigenvalue weighted by molar-refractivity contribution is 7.17. The zero-order valence-electron chi connectivity index (χ0n) is 19.5. The van der Waals surface area contributed by atoms with Crippen molar-refractivity contribution in [1.29, 1.82) is 0 Å². The predicted molar refractivity (Wildman–Crippen MR) is 136 cm³/mol. The van der Waals surface area contributed by atoms with Gasteiger partial charge < -0.3 is 20.7 Å². The quantitative estimate of drug-likeness (QED) is 0.391. The molecule has 0 radical (unpaired) electrons. The highest BCUT2D eigenvalue weighted by atomic mass is 32.1. The van der Waals surface area contributed by atoms with Crippen LogP contribution in [0.15, 0.2) is 48.6 Å². The molecular weight excluding hydrogens is 446 g/mol. The van der Waals surface area contributed by atoms with E-state index >= 15 is 0 Å². The van der Waals surface area contributed by atoms with Crippen LogP contribution in [0.25, 0.3) is 21.1 Å². The summed E-state index contributed by atoms with van der Waals surface area (Å²) in [5.74, 6) is 0.679. The number of ether oxygens (including phenoxy) is 1. The van der Waals surface area contributed by atoms with Gasteiger partial charge in [0.15, 0.2) is 0 Å². The molecule has 2 aromatic carbocycles. The van der Waals surface area contributed by atoms with Crippen molar-refractivity contribution in [2.45, 2.75) is 45.3 Å². The number of nitrogen functional groups attached to an aromatic ring is 1. The number of urea groups is 1. The molecule has 1 aliphatic carbocycles. The SMILES string of the molecule is CC(C)Oc1ccc(-c2nnc(-c3cccc4c3CC[C@@H]4NC(=O)N3CC=CCC3)s2)cc1N. The van der Waals surface area contributed by atoms with Gasteiger partial charge in [0.1, 0.15) is 15.8 Å². The number of aromatic nitrogens is 2. The fraction of sp³-hybridized carbons (Fsp3) is 0.346. The third kappa shape index (κ3) is 4.50. The molecule has 176 valence electrons. The lowest BCUT2D eigenvalue weighted by atomic mass is 10.0. The van der Waals surface area contributed by atoms with Gasteiger partial charge in [-0.2, -0.15) is 0 Å². The molecule has 0 unspecified atom stereocenters. The summed E-state index contributed by atoms with van der Waals surface area (Å²) in [5, 5.41) is 13.9. The first-order valence-corrected chi connectivity index (χ1v) is 12.5. The lowest BCUT2D eigenvalue weighted by Crippen LogP contribution is -2.42. The van der Waals surface area contributed by atoms with Gasteiger partial charge in [0.2, 0.25) is 0 Å². The number of hydrogen-bond acceptors (Lipinski definition) is 6. The van der Waals surface area contributed by atoms with E-state index in [0.29, 0.717) is 18.0 Å². The van der Waals surface area contributed by atoms with Crippen LogP contribution in [0.1, 0.15) is 43.9 Å². The molecule has 0 fully saturated rings. The number of rotatable bonds is 5. The molecule has 0 bridgehead atoms. The molecule has 7 nitrogen and oxygen atoms in total. The van der Waals surface area contributed by atoms with Crippen LogP contribution in [-0.4, -0.2) is 40.3 Å². The molecule has 1 atom stereocenters. The molecule has 1 aliphatic heterocycles. The summed E-state index contributed by atoms with van der Waals surface area (Å²) < 4.78 is 5.74. The number of anilines is 1. The second kappa shape index (κ2) is 9.46. The van der Waals surface area contributed by atoms with Crippen molar-refractivity contribution in [2.75, 3.05) is 18.8 Å². The van der Waals surface area contributed by atoms with Crippen LogP contribution < -0.4 is 15.8 Å². The first-order valence-electron chi connectivity index (χ1n) is 11.7. The Hall–Kier alpha value is -3.39. The Balaban J connectivity index is 1.36. The van der Waals surface area contributed by atoms with Gasteiger partial charge in [0.05, 0.1) is 17.8 Å². The minimum atomic E-state index is 0.00767. The topological polar surface area (TPSA) is 93.4 Å². The lowest BCUT2D eigenvalue weighted by Gasteiger charge is -2.26. The van der Waals surface area contributed by atoms with Crippen molar-refractivity contribution in [2.24, 2.45) is 0 Å². The summed E-state index contributed by atoms with van der Waals surface area (Å²) in [5.41, 5.74) is 11.2. The number of hydrogen-bond donors (Lipinski definition) is 2. The molecule has 3 N–H and O–H groups in total. The van der Waals surface area contributed by atoms with Crippen LogP contribution in [0.3, 0.4) is 0 Å². The Kier molecular flexibility index (Phi) is 6.24. The molecule has 1 aromatic heterocycles. The number of carbonyl (C=O) groups is 1. The van der Waals surface area contributed by atoms with E-state index in [0.717, 1.165) is 46.9 Å². The standard InChI is InChI=1S/C26H29N5O2S/c1-16(2)33-23-12-9-17(15-21(23)27)24-29-30-25(34-24)20-8-6-7-19-18(20)10-11-22(19)28-26(32)31-13-4-3-5-14-31/h3-4,6-9,12,15-16,22H,5,10-11,13-14,27H2,1-2H3,(H,28,32)/t22-/m0/s1. The van der Waals surface area contributed by atoms with E-state index in [-0.39, 0.29) is 18.2 Å². The molecule has 0 saturated carbocycles. The summed E-state index contributed by atoms with van der Waals surface area (Å²) in [6, 6.07) is 12.0. The lowest BCUT2D eigenvalue weighted by molar-refractivity contribution is 0.198. The van der Waals surface area contributed by atoms with Gasteiger partial charge in [0, 0.05) is 24.2 Å². The Morgan fingerprint density at radius 3 is 2.82 bits per heavy atom. The normalized spacial score (nSPS) is 17.1. The largest absolute Gasteiger partial charge is 0.489 e. The third-order valence-electron chi connectivity index (χ3n) is 6.19. The van der Waals surface area contributed by atoms with Crippen molar-refractivity contribution in [3.05, 3.63) is 59.7 Å². The predicted octanol–water partition coefficient (Wildman–Crippen LogP) is 5.20. The van der Waals surface area contributed by atoms with Crippen molar-refractivity contribution in [3.8, 4) is 26.9 Å². The van der Waals surface area contributed by atoms with Crippen LogP contribution in [0.5, 0.6) is 5.75 Å². The second-order valence-electron chi connectivity index (χ2n) is 8.95. The van der Waals surface area contributed by atoms with Gasteiger partial charge >= 0.3 is 6.03 Å². The van der Waals surface area contributed by atoms with Crippen molar-refractivity contribution in [1.82, 2.24) is 20.4 Å². The van der Waals surface area contributed by atoms with E-state index in [4.69, 9.17) is 10.5 Å². The molecule has 34 heavy (non-hydrogen) atoms. The molecule has 3 aromatic rings. The van der Waals surface area contributed by atoms with Crippen LogP contribution in [0.4, 0.5) is 10.5 Å². The number of benzene rings is 2. The maximum atomic E-state index is 12.7. The van der Waals surface area contributed by atoms with Gasteiger partial charge in [-0.25, -0.2) is 4.79 Å². The van der Waals surface area contributed by atoms with Crippen LogP contribution in [-0.2, 0) is 6.42 Å². The van der Waals surface area contributed by atoms with Crippen molar-refractivity contribution in [3.63, 3.8) is 0 Å². The summed E-state index contributed by atoms with van der Waals surface area (Å²) in [6.45, 7) is 5.39. The number of carbonyl (C=O) groups excluding carboxylic acids is 1. The highest BCUT2D eigenvalue weighted by Gasteiger charge is 2.28. The fourth-order valence-electron chi connectivity index (χ4n) is 4.56. The Bertz CT molecular complexity index is 1240. The zero-order chi connectivity index (χ0) is 23.7. The number of nitrogens with zero attached hydrogens (tertiary/aromatic N) is 3. The van der Waals surface area contributed by atoms with E-state index in [2.05, 4.69) is 39.8 Å². The molecule has 2 heterocycles. The summed E-state index contributed by atoms with van der Waals surface area (Å²) >= 11 is 1.55. The number of nitrogens with two attached hydrogens (primary N) is 1. The minimum Gasteiger partial charge on any atom is -0.489 e. The number of amides is 2. The van der Waals surface area contributed by atoms with Crippen molar-refractivity contribution >= 4 is 23.1 Å². The highest BCUT2D eigenvalue weighted by Crippen LogP contribution is 2.40. The molecule has 8 heteroatoms. The van der Waals surface area contributed by atoms with E-state index in [1.54, 1.807) is 11.3 Å². The molecule has 2 amide bonds. The first kappa shape index (κ1) is 22.4. The summed E-state index contributed by atoms with van der Waals surface area (Å²) in [4.78, 5) is 14.6. The van der Waals surface area contributed by atoms with Crippen LogP contribution in [0.2, 0.25) is 0 Å². The van der Waals surface area contributed by atoms with Gasteiger partial charge in [-0.1, -0.05) is 41.7 Å². The van der Waals surface area contributed by atoms with Crippen LogP contribution >= 0.6 is 11.3 Å². The Morgan fingerprint density at radius 1 is 1.21 bits per heavy atom. The van der Waals surface area contributed by atoms with Crippen molar-refractivity contribution < 1.29 is 9.53 Å². The van der Waals surface area contributed by atoms with E-state index in [1.165, 1.54) is 11.1 Å². The van der Waals surface area contributed by atoms with Gasteiger partial charge in [0.25, 0.3) is 0 Å². The molecule has 0 spiro atoms. The van der Waals surface area contributed by atoms with Gasteiger partial charge in [-0.15, -0.1) is 10.2 Å². The fourth-order valence-corrected chi connectivity index (χ4v) is 5.45. The minimum absolute atomic E-state index is 0.00767. The van der Waals surface area contributed by atoms with E-state index in [1.807, 2.05) is 43.0 Å². The Morgan fingerprint density at radius 2 is 2.06 bits per heavy atom. The third-order valence-corrected chi connectivity index (χ3v) is 7.19. The Labute approximate surface area is 203 Å². The smallest absolute Gasteiger partial charge is 0.318 e. The second-order valence-corrected chi connectivity index (χ2v) is 9.93. The van der Waals surface area contributed by atoms with Crippen LogP contribution in [0, 0.1) is 0 Å². The summed E-state index contributed by atoms with van der Waals surface area (Å²) in [7, 11) is 0. The van der Waals surface area contributed by atoms with E-state index < -0.39 is 0 Å². The molecule has 2 aliphatic rings. The summed E-state index contributed by atoms with van der Waals surface area (Å²) in [6.07, 6.45) is 6.94. The molecular formula is C26H29N5O2S. The van der Waals surface area contributed by atoms with E-state index in [9.17, 15) is 4.79 Å². The number of fused-ring (bicyclic) bond motifs is 1. The molecule has 0 saturated heterocycles. The average molecular weight is 476 g/mol. The average Bonchev–Trinajstić information content (AvgIpc) is 3.48. The maximum absolute atomic E-state index is 12.7. The molecule has 5 rings (SSSR count). The monoisotopic (exact) mass is 475 g/mol. The first-order chi connectivity index (χ1) is 16.5. The maximum Gasteiger partial charge on any atom is 0.318 e. The van der Waals surface area contributed by atoms with Gasteiger partial charge in [-0.05, 0) is 62.4 Å². The number of nitrogens with one attached hydrogen (secondary N) is 1. The van der Waals surface area contributed by atoms with Gasteiger partial charge in [-0.3, -0.25) is 0 Å². The zero-order valence-corrected chi connectivity index (χ0v) is 20.3.